The van der Waals surface area contributed by atoms with Gasteiger partial charge in [0.05, 0.1) is 12.9 Å². The van der Waals surface area contributed by atoms with E-state index in [9.17, 15) is 24.2 Å². The number of nitrogens with zero attached hydrogens (tertiary/aromatic N) is 4. The molecule has 0 amide bonds. The van der Waals surface area contributed by atoms with E-state index in [1.54, 1.807) is 7.05 Å². The van der Waals surface area contributed by atoms with Crippen LogP contribution in [-0.2, 0) is 18.4 Å². The van der Waals surface area contributed by atoms with Gasteiger partial charge in [0.15, 0.2) is 23.6 Å². The van der Waals surface area contributed by atoms with Crippen LogP contribution < -0.4 is 5.32 Å². The van der Waals surface area contributed by atoms with Crippen LogP contribution in [0.4, 0.5) is 5.82 Å². The second-order valence-electron chi connectivity index (χ2n) is 6.08. The SMILES string of the molecule is CNc1ncnc2c1ncn2[C@@H]1O[C@H](COP(=O)(O)CP(=O)(O)O)[C@@H](O)[C@H]1O. The smallest absolute Gasteiger partial charge is 0.340 e. The molecule has 0 aromatic carbocycles. The first-order valence-corrected chi connectivity index (χ1v) is 11.5. The lowest BCUT2D eigenvalue weighted by molar-refractivity contribution is -0.0483. The van der Waals surface area contributed by atoms with Crippen LogP contribution in [0.5, 0.6) is 0 Å². The van der Waals surface area contributed by atoms with E-state index in [0.717, 1.165) is 0 Å². The van der Waals surface area contributed by atoms with Crippen LogP contribution in [0.15, 0.2) is 12.7 Å². The first kappa shape index (κ1) is 21.2. The van der Waals surface area contributed by atoms with Gasteiger partial charge in [0.2, 0.25) is 0 Å². The number of hydrogen-bond acceptors (Lipinski definition) is 10. The van der Waals surface area contributed by atoms with Crippen LogP contribution in [0.25, 0.3) is 11.2 Å². The third-order valence-corrected chi connectivity index (χ3v) is 7.47. The number of anilines is 1. The molecule has 0 spiro atoms. The van der Waals surface area contributed by atoms with Crippen molar-refractivity contribution < 1.29 is 43.3 Å². The lowest BCUT2D eigenvalue weighted by Crippen LogP contribution is -2.33. The Hall–Kier alpha value is -1.47. The van der Waals surface area contributed by atoms with Crippen molar-refractivity contribution in [3.63, 3.8) is 0 Å². The fourth-order valence-electron chi connectivity index (χ4n) is 2.78. The molecule has 1 aliphatic rings. The average Bonchev–Trinajstić information content (AvgIpc) is 3.13. The molecule has 2 aromatic heterocycles. The minimum absolute atomic E-state index is 0.312. The molecule has 1 unspecified atom stereocenters. The summed E-state index contributed by atoms with van der Waals surface area (Å²) in [5.41, 5.74) is 0.711. The molecule has 0 radical (unpaired) electrons. The minimum atomic E-state index is -4.79. The van der Waals surface area contributed by atoms with Crippen molar-refractivity contribution >= 4 is 32.2 Å². The van der Waals surface area contributed by atoms with Gasteiger partial charge in [-0.1, -0.05) is 0 Å². The number of aromatic nitrogens is 4. The van der Waals surface area contributed by atoms with E-state index in [4.69, 9.17) is 14.5 Å². The summed E-state index contributed by atoms with van der Waals surface area (Å²) in [6, 6.07) is 0. The van der Waals surface area contributed by atoms with Gasteiger partial charge in [0.25, 0.3) is 0 Å². The molecule has 0 bridgehead atoms. The third-order valence-electron chi connectivity index (χ3n) is 4.01. The Morgan fingerprint density at radius 1 is 1.21 bits per heavy atom. The van der Waals surface area contributed by atoms with Gasteiger partial charge in [0.1, 0.15) is 30.2 Å². The van der Waals surface area contributed by atoms with Crippen molar-refractivity contribution in [1.29, 1.82) is 0 Å². The zero-order chi connectivity index (χ0) is 20.7. The van der Waals surface area contributed by atoms with Crippen LogP contribution in [0.2, 0.25) is 0 Å². The quantitative estimate of drug-likeness (QED) is 0.281. The number of nitrogens with one attached hydrogen (secondary N) is 1. The molecule has 28 heavy (non-hydrogen) atoms. The summed E-state index contributed by atoms with van der Waals surface area (Å²) in [4.78, 5) is 39.3. The summed E-state index contributed by atoms with van der Waals surface area (Å²) in [5.74, 6) is -0.930. The topological polar surface area (TPSA) is 209 Å². The number of hydrogen-bond donors (Lipinski definition) is 6. The summed E-state index contributed by atoms with van der Waals surface area (Å²) in [6.45, 7) is -0.675. The Balaban J connectivity index is 1.76. The van der Waals surface area contributed by atoms with Gasteiger partial charge in [-0.05, 0) is 0 Å². The van der Waals surface area contributed by atoms with E-state index in [1.165, 1.54) is 17.2 Å². The first-order valence-electron chi connectivity index (χ1n) is 7.90. The first-order chi connectivity index (χ1) is 13.0. The van der Waals surface area contributed by atoms with Crippen LogP contribution in [0.1, 0.15) is 6.23 Å². The summed E-state index contributed by atoms with van der Waals surface area (Å²) in [6.07, 6.45) is -2.71. The predicted octanol–water partition coefficient (Wildman–Crippen LogP) is -1.18. The number of imidazole rings is 1. The van der Waals surface area contributed by atoms with E-state index in [-0.39, 0.29) is 0 Å². The van der Waals surface area contributed by atoms with Crippen molar-refractivity contribution in [2.45, 2.75) is 24.5 Å². The highest BCUT2D eigenvalue weighted by Crippen LogP contribution is 2.55. The van der Waals surface area contributed by atoms with Crippen LogP contribution in [-0.4, -0.2) is 82.3 Å². The van der Waals surface area contributed by atoms with E-state index >= 15 is 0 Å². The number of fused-ring (bicyclic) bond motifs is 1. The molecule has 1 aliphatic heterocycles. The van der Waals surface area contributed by atoms with E-state index < -0.39 is 52.2 Å². The zero-order valence-corrected chi connectivity index (χ0v) is 16.2. The molecule has 156 valence electrons. The minimum Gasteiger partial charge on any atom is -0.387 e. The second-order valence-corrected chi connectivity index (χ2v) is 10.1. The van der Waals surface area contributed by atoms with E-state index in [2.05, 4.69) is 24.8 Å². The predicted molar refractivity (Wildman–Crippen MR) is 93.5 cm³/mol. The van der Waals surface area contributed by atoms with Crippen molar-refractivity contribution in [3.8, 4) is 0 Å². The van der Waals surface area contributed by atoms with Gasteiger partial charge < -0.3 is 39.5 Å². The maximum atomic E-state index is 11.7. The van der Waals surface area contributed by atoms with Gasteiger partial charge in [-0.25, -0.2) is 15.0 Å². The zero-order valence-electron chi connectivity index (χ0n) is 14.4. The fraction of sp³-hybridized carbons (Fsp3) is 0.583. The Labute approximate surface area is 157 Å². The van der Waals surface area contributed by atoms with Gasteiger partial charge in [-0.2, -0.15) is 0 Å². The summed E-state index contributed by atoms with van der Waals surface area (Å²) in [7, 11) is -7.77. The molecule has 1 saturated heterocycles. The molecule has 0 aliphatic carbocycles. The van der Waals surface area contributed by atoms with E-state index in [0.29, 0.717) is 17.0 Å². The Morgan fingerprint density at radius 3 is 2.57 bits per heavy atom. The molecule has 5 atom stereocenters. The highest BCUT2D eigenvalue weighted by atomic mass is 31.2. The molecule has 1 fully saturated rings. The third kappa shape index (κ3) is 4.40. The molecule has 0 saturated carbocycles. The van der Waals surface area contributed by atoms with Crippen molar-refractivity contribution in [1.82, 2.24) is 19.5 Å². The van der Waals surface area contributed by atoms with Crippen LogP contribution in [0, 0.1) is 0 Å². The lowest BCUT2D eigenvalue weighted by atomic mass is 10.1. The monoisotopic (exact) mass is 439 g/mol. The maximum absolute atomic E-state index is 11.7. The molecular weight excluding hydrogens is 420 g/mol. The maximum Gasteiger partial charge on any atom is 0.340 e. The lowest BCUT2D eigenvalue weighted by Gasteiger charge is -2.18. The standard InChI is InChI=1S/C12H19N5O9P2/c1-13-10-7-11(15-3-14-10)17(4-16-7)12-9(19)8(18)6(26-12)2-25-28(23,24)5-27(20,21)22/h3-4,6,8-9,12,18-19H,2,5H2,1H3,(H,23,24)(H,13,14,15)(H2,20,21,22)/t6-,8-,9-,12-/m1/s1. The van der Waals surface area contributed by atoms with Crippen molar-refractivity contribution in [2.75, 3.05) is 24.9 Å². The van der Waals surface area contributed by atoms with E-state index in [1.807, 2.05) is 0 Å². The van der Waals surface area contributed by atoms with Crippen LogP contribution >= 0.6 is 15.2 Å². The van der Waals surface area contributed by atoms with Crippen LogP contribution in [0.3, 0.4) is 0 Å². The molecule has 3 rings (SSSR count). The largest absolute Gasteiger partial charge is 0.387 e. The summed E-state index contributed by atoms with van der Waals surface area (Å²) < 4.78 is 34.2. The number of aliphatic hydroxyl groups is 2. The molecule has 6 N–H and O–H groups in total. The highest BCUT2D eigenvalue weighted by Gasteiger charge is 2.45. The number of ether oxygens (including phenoxy) is 1. The summed E-state index contributed by atoms with van der Waals surface area (Å²) in [5, 5.41) is 23.3. The highest BCUT2D eigenvalue weighted by molar-refractivity contribution is 7.70. The molecule has 3 heterocycles. The second kappa shape index (κ2) is 7.75. The Kier molecular flexibility index (Phi) is 5.88. The molecule has 14 nitrogen and oxygen atoms in total. The van der Waals surface area contributed by atoms with Gasteiger partial charge in [-0.15, -0.1) is 0 Å². The van der Waals surface area contributed by atoms with Gasteiger partial charge >= 0.3 is 15.2 Å². The molecular formula is C12H19N5O9P2. The van der Waals surface area contributed by atoms with Gasteiger partial charge in [-0.3, -0.25) is 13.7 Å². The Morgan fingerprint density at radius 2 is 1.93 bits per heavy atom. The van der Waals surface area contributed by atoms with Crippen molar-refractivity contribution in [2.24, 2.45) is 0 Å². The number of rotatable bonds is 7. The number of aliphatic hydroxyl groups excluding tert-OH is 2. The Bertz CT molecular complexity index is 949. The van der Waals surface area contributed by atoms with Crippen molar-refractivity contribution in [3.05, 3.63) is 12.7 Å². The van der Waals surface area contributed by atoms with Gasteiger partial charge in [0, 0.05) is 7.05 Å². The normalized spacial score (nSPS) is 27.8. The summed E-state index contributed by atoms with van der Waals surface area (Å²) >= 11 is 0. The fourth-order valence-corrected chi connectivity index (χ4v) is 5.35. The average molecular weight is 439 g/mol. The molecule has 2 aromatic rings. The molecule has 16 heteroatoms.